The average molecular weight is 435 g/mol. The van der Waals surface area contributed by atoms with Gasteiger partial charge in [-0.05, 0) is 62.1 Å². The number of ether oxygens (including phenoxy) is 2. The van der Waals surface area contributed by atoms with Crippen LogP contribution in [-0.2, 0) is 22.4 Å². The first kappa shape index (κ1) is 20.9. The van der Waals surface area contributed by atoms with Gasteiger partial charge in [-0.3, -0.25) is 4.79 Å². The van der Waals surface area contributed by atoms with Crippen LogP contribution in [0.1, 0.15) is 42.7 Å². The Hall–Kier alpha value is -2.99. The van der Waals surface area contributed by atoms with Crippen molar-refractivity contribution in [1.29, 1.82) is 0 Å². The zero-order chi connectivity index (χ0) is 21.9. The number of fused-ring (bicyclic) bond motifs is 3. The van der Waals surface area contributed by atoms with E-state index >= 15 is 0 Å². The number of hydrogen-bond acceptors (Lipinski definition) is 5. The predicted octanol–water partition coefficient (Wildman–Crippen LogP) is 4.40. The first-order chi connectivity index (χ1) is 15.7. The number of carbonyl (C=O) groups is 1. The lowest BCUT2D eigenvalue weighted by atomic mass is 9.96. The molecule has 0 radical (unpaired) electrons. The van der Waals surface area contributed by atoms with Gasteiger partial charge in [0.25, 0.3) is 5.91 Å². The number of furan rings is 1. The number of benzene rings is 2. The molecule has 1 N–H and O–H groups in total. The van der Waals surface area contributed by atoms with E-state index in [1.165, 1.54) is 24.1 Å². The molecule has 6 nitrogen and oxygen atoms in total. The number of nitrogens with zero attached hydrogens (tertiary/aromatic N) is 1. The van der Waals surface area contributed by atoms with Gasteiger partial charge in [0, 0.05) is 36.1 Å². The molecule has 0 saturated carbocycles. The van der Waals surface area contributed by atoms with Gasteiger partial charge in [-0.2, -0.15) is 0 Å². The van der Waals surface area contributed by atoms with E-state index in [1.807, 2.05) is 25.1 Å². The van der Waals surface area contributed by atoms with Crippen LogP contribution >= 0.6 is 0 Å². The van der Waals surface area contributed by atoms with Gasteiger partial charge in [0.15, 0.2) is 6.61 Å². The van der Waals surface area contributed by atoms with Crippen molar-refractivity contribution in [2.24, 2.45) is 0 Å². The Labute approximate surface area is 188 Å². The van der Waals surface area contributed by atoms with Gasteiger partial charge in [0.2, 0.25) is 0 Å². The smallest absolute Gasteiger partial charge is 0.258 e. The fourth-order valence-electron chi connectivity index (χ4n) is 4.64. The number of aryl methyl sites for hydroxylation is 2. The third kappa shape index (κ3) is 4.46. The Morgan fingerprint density at radius 3 is 2.69 bits per heavy atom. The van der Waals surface area contributed by atoms with Crippen LogP contribution in [0.15, 0.2) is 46.9 Å². The summed E-state index contributed by atoms with van der Waals surface area (Å²) in [4.78, 5) is 14.8. The van der Waals surface area contributed by atoms with E-state index in [0.717, 1.165) is 61.4 Å². The molecule has 2 heterocycles. The molecule has 5 rings (SSSR count). The largest absolute Gasteiger partial charge is 0.484 e. The highest BCUT2D eigenvalue weighted by atomic mass is 16.5. The first-order valence-corrected chi connectivity index (χ1v) is 11.6. The molecule has 1 fully saturated rings. The van der Waals surface area contributed by atoms with Crippen molar-refractivity contribution in [3.05, 3.63) is 59.4 Å². The van der Waals surface area contributed by atoms with E-state index in [2.05, 4.69) is 34.5 Å². The fraction of sp³-hybridized carbons (Fsp3) is 0.423. The second kappa shape index (κ2) is 9.25. The Morgan fingerprint density at radius 1 is 1.09 bits per heavy atom. The summed E-state index contributed by atoms with van der Waals surface area (Å²) in [6.45, 7) is 5.34. The van der Waals surface area contributed by atoms with Crippen LogP contribution in [0.3, 0.4) is 0 Å². The van der Waals surface area contributed by atoms with E-state index in [4.69, 9.17) is 13.9 Å². The van der Waals surface area contributed by atoms with Gasteiger partial charge in [-0.25, -0.2) is 0 Å². The van der Waals surface area contributed by atoms with Crippen LogP contribution in [0.4, 0.5) is 5.69 Å². The van der Waals surface area contributed by atoms with Crippen molar-refractivity contribution in [2.45, 2.75) is 38.6 Å². The Kier molecular flexibility index (Phi) is 6.04. The molecule has 1 aromatic heterocycles. The maximum absolute atomic E-state index is 12.5. The summed E-state index contributed by atoms with van der Waals surface area (Å²) in [7, 11) is 0. The Morgan fingerprint density at radius 2 is 1.88 bits per heavy atom. The lowest BCUT2D eigenvalue weighted by Crippen LogP contribution is -2.36. The summed E-state index contributed by atoms with van der Waals surface area (Å²) in [6.07, 6.45) is 4.44. The highest BCUT2D eigenvalue weighted by Gasteiger charge is 2.18. The maximum atomic E-state index is 12.5. The molecule has 2 aliphatic rings. The highest BCUT2D eigenvalue weighted by Crippen LogP contribution is 2.34. The van der Waals surface area contributed by atoms with Crippen molar-refractivity contribution in [3.8, 4) is 5.75 Å². The van der Waals surface area contributed by atoms with Crippen LogP contribution < -0.4 is 15.0 Å². The zero-order valence-electron chi connectivity index (χ0n) is 18.6. The summed E-state index contributed by atoms with van der Waals surface area (Å²) in [5.41, 5.74) is 4.47. The number of hydrogen-bond donors (Lipinski definition) is 1. The van der Waals surface area contributed by atoms with Gasteiger partial charge in [-0.15, -0.1) is 0 Å². The third-order valence-electron chi connectivity index (χ3n) is 6.44. The van der Waals surface area contributed by atoms with E-state index in [1.54, 1.807) is 0 Å². The average Bonchev–Trinajstić information content (AvgIpc) is 3.21. The number of carbonyl (C=O) groups excluding carboxylic acids is 1. The van der Waals surface area contributed by atoms with Crippen LogP contribution in [0.5, 0.6) is 5.75 Å². The topological polar surface area (TPSA) is 63.9 Å². The van der Waals surface area contributed by atoms with E-state index < -0.39 is 0 Å². The minimum absolute atomic E-state index is 0.0122. The summed E-state index contributed by atoms with van der Waals surface area (Å²) in [6, 6.07) is 14.1. The summed E-state index contributed by atoms with van der Waals surface area (Å²) < 4.78 is 17.2. The molecular weight excluding hydrogens is 404 g/mol. The highest BCUT2D eigenvalue weighted by molar-refractivity contribution is 5.84. The van der Waals surface area contributed by atoms with Crippen LogP contribution in [0.25, 0.3) is 11.0 Å². The first-order valence-electron chi connectivity index (χ1n) is 11.6. The normalized spacial score (nSPS) is 17.1. The van der Waals surface area contributed by atoms with Crippen molar-refractivity contribution in [3.63, 3.8) is 0 Å². The van der Waals surface area contributed by atoms with Crippen molar-refractivity contribution in [2.75, 3.05) is 37.8 Å². The number of anilines is 1. The number of morpholine rings is 1. The molecule has 6 heteroatoms. The summed E-state index contributed by atoms with van der Waals surface area (Å²) >= 11 is 0. The SMILES string of the molecule is CC(NC(=O)COc1ccc2oc3c(c2c1)CCCC3)c1ccc(N2CCOCC2)cc1. The molecule has 1 unspecified atom stereocenters. The standard InChI is InChI=1S/C26H30N2O4/c1-18(19-6-8-20(9-7-19)28-12-14-30-15-13-28)27-26(29)17-31-21-10-11-25-23(16-21)22-4-2-3-5-24(22)32-25/h6-11,16,18H,2-5,12-15,17H2,1H3,(H,27,29). The molecule has 3 aromatic rings. The van der Waals surface area contributed by atoms with Gasteiger partial charge in [0.05, 0.1) is 19.3 Å². The van der Waals surface area contributed by atoms with E-state index in [-0.39, 0.29) is 18.6 Å². The summed E-state index contributed by atoms with van der Waals surface area (Å²) in [5.74, 6) is 1.67. The molecule has 0 spiro atoms. The van der Waals surface area contributed by atoms with Crippen molar-refractivity contribution < 1.29 is 18.7 Å². The lowest BCUT2D eigenvalue weighted by Gasteiger charge is -2.29. The molecule has 1 aliphatic heterocycles. The molecule has 32 heavy (non-hydrogen) atoms. The van der Waals surface area contributed by atoms with Gasteiger partial charge >= 0.3 is 0 Å². The molecular formula is C26H30N2O4. The van der Waals surface area contributed by atoms with Gasteiger partial charge in [0.1, 0.15) is 17.1 Å². The second-order valence-electron chi connectivity index (χ2n) is 8.64. The predicted molar refractivity (Wildman–Crippen MR) is 124 cm³/mol. The third-order valence-corrected chi connectivity index (χ3v) is 6.44. The summed E-state index contributed by atoms with van der Waals surface area (Å²) in [5, 5.41) is 4.15. The fourth-order valence-corrected chi connectivity index (χ4v) is 4.64. The van der Waals surface area contributed by atoms with E-state index in [0.29, 0.717) is 5.75 Å². The monoisotopic (exact) mass is 434 g/mol. The number of rotatable bonds is 6. The Balaban J connectivity index is 1.17. The molecule has 1 amide bonds. The lowest BCUT2D eigenvalue weighted by molar-refractivity contribution is -0.123. The number of nitrogens with one attached hydrogen (secondary N) is 1. The van der Waals surface area contributed by atoms with Crippen LogP contribution in [0.2, 0.25) is 0 Å². The quantitative estimate of drug-likeness (QED) is 0.623. The molecule has 1 atom stereocenters. The van der Waals surface area contributed by atoms with Crippen molar-refractivity contribution >= 4 is 22.6 Å². The molecule has 168 valence electrons. The van der Waals surface area contributed by atoms with E-state index in [9.17, 15) is 4.79 Å². The van der Waals surface area contributed by atoms with Crippen LogP contribution in [0, 0.1) is 0 Å². The molecule has 1 saturated heterocycles. The zero-order valence-corrected chi connectivity index (χ0v) is 18.6. The minimum atomic E-state index is -0.135. The van der Waals surface area contributed by atoms with Gasteiger partial charge in [-0.1, -0.05) is 12.1 Å². The second-order valence-corrected chi connectivity index (χ2v) is 8.64. The van der Waals surface area contributed by atoms with Crippen LogP contribution in [-0.4, -0.2) is 38.8 Å². The Bertz CT molecular complexity index is 1080. The minimum Gasteiger partial charge on any atom is -0.484 e. The molecule has 0 bridgehead atoms. The molecule has 1 aliphatic carbocycles. The number of amides is 1. The van der Waals surface area contributed by atoms with Gasteiger partial charge < -0.3 is 24.1 Å². The molecule has 2 aromatic carbocycles. The maximum Gasteiger partial charge on any atom is 0.258 e. The van der Waals surface area contributed by atoms with Crippen molar-refractivity contribution in [1.82, 2.24) is 5.32 Å².